The molecule has 0 aliphatic carbocycles. The molecule has 0 saturated carbocycles. The van der Waals surface area contributed by atoms with Crippen molar-refractivity contribution in [3.63, 3.8) is 0 Å². The highest BCUT2D eigenvalue weighted by Gasteiger charge is 2.21. The lowest BCUT2D eigenvalue weighted by Gasteiger charge is -2.33. The summed E-state index contributed by atoms with van der Waals surface area (Å²) in [7, 11) is 2.07. The lowest BCUT2D eigenvalue weighted by atomic mass is 10.1. The molecule has 1 aromatic rings. The first-order chi connectivity index (χ1) is 10.2. The van der Waals surface area contributed by atoms with Crippen LogP contribution in [0.5, 0.6) is 0 Å². The van der Waals surface area contributed by atoms with E-state index in [0.29, 0.717) is 0 Å². The third-order valence-electron chi connectivity index (χ3n) is 3.16. The number of ether oxygens (including phenoxy) is 1. The smallest absolute Gasteiger partial charge is 0.129 e. The van der Waals surface area contributed by atoms with Gasteiger partial charge in [0.15, 0.2) is 0 Å². The molecule has 2 heterocycles. The number of anilines is 1. The molecule has 1 aliphatic heterocycles. The zero-order chi connectivity index (χ0) is 16.3. The minimum atomic E-state index is 0.172. The van der Waals surface area contributed by atoms with E-state index in [1.54, 1.807) is 0 Å². The molecule has 0 amide bonds. The topological polar surface area (TPSA) is 25.4 Å². The molecule has 1 aliphatic rings. The molecule has 1 saturated heterocycles. The maximum Gasteiger partial charge on any atom is 0.129 e. The second kappa shape index (κ2) is 11.3. The lowest BCUT2D eigenvalue weighted by Crippen LogP contribution is -2.37. The van der Waals surface area contributed by atoms with E-state index in [2.05, 4.69) is 29.6 Å². The van der Waals surface area contributed by atoms with E-state index in [9.17, 15) is 0 Å². The number of nitrogens with zero attached hydrogens (tertiary/aromatic N) is 2. The van der Waals surface area contributed by atoms with Gasteiger partial charge in [0.25, 0.3) is 0 Å². The highest BCUT2D eigenvalue weighted by Crippen LogP contribution is 2.27. The van der Waals surface area contributed by atoms with E-state index < -0.39 is 0 Å². The van der Waals surface area contributed by atoms with E-state index in [-0.39, 0.29) is 6.23 Å². The molecule has 3 nitrogen and oxygen atoms in total. The van der Waals surface area contributed by atoms with Crippen LogP contribution >= 0.6 is 0 Å². The minimum absolute atomic E-state index is 0.172. The number of aromatic nitrogens is 1. The molecule has 0 bridgehead atoms. The van der Waals surface area contributed by atoms with Gasteiger partial charge in [-0.05, 0) is 43.9 Å². The standard InChI is InChI=1S/C14H20N2O.2C2H6/c1-11(2)14-12(7-6-9-15-14)16(3)13-8-4-5-10-17-13;2*1-2/h6-7,9,13H,1,4-5,8,10H2,2-3H3;2*1-2H3. The molecule has 1 atom stereocenters. The first-order valence-corrected chi connectivity index (χ1v) is 8.15. The second-order valence-electron chi connectivity index (χ2n) is 4.58. The molecule has 1 fully saturated rings. The molecule has 2 rings (SSSR count). The van der Waals surface area contributed by atoms with Crippen LogP contribution in [0.4, 0.5) is 5.69 Å². The van der Waals surface area contributed by atoms with Crippen LogP contribution in [0.15, 0.2) is 24.9 Å². The Labute approximate surface area is 131 Å². The molecule has 0 radical (unpaired) electrons. The van der Waals surface area contributed by atoms with Crippen LogP contribution in [0, 0.1) is 0 Å². The highest BCUT2D eigenvalue weighted by atomic mass is 16.5. The Hall–Kier alpha value is -1.35. The minimum Gasteiger partial charge on any atom is -0.358 e. The number of hydrogen-bond acceptors (Lipinski definition) is 3. The van der Waals surface area contributed by atoms with Gasteiger partial charge in [-0.3, -0.25) is 4.98 Å². The quantitative estimate of drug-likeness (QED) is 0.772. The summed E-state index contributed by atoms with van der Waals surface area (Å²) < 4.78 is 5.80. The van der Waals surface area contributed by atoms with Crippen molar-refractivity contribution in [2.75, 3.05) is 18.6 Å². The van der Waals surface area contributed by atoms with Gasteiger partial charge >= 0.3 is 0 Å². The fourth-order valence-corrected chi connectivity index (χ4v) is 2.19. The first kappa shape index (κ1) is 19.7. The summed E-state index contributed by atoms with van der Waals surface area (Å²) in [5.41, 5.74) is 3.05. The molecular weight excluding hydrogens is 260 g/mol. The summed E-state index contributed by atoms with van der Waals surface area (Å²) in [6.45, 7) is 14.8. The summed E-state index contributed by atoms with van der Waals surface area (Å²) >= 11 is 0. The number of pyridine rings is 1. The SMILES string of the molecule is C=C(C)c1ncccc1N(C)C1CCCCO1.CC.CC. The molecule has 21 heavy (non-hydrogen) atoms. The van der Waals surface area contributed by atoms with Gasteiger partial charge in [0, 0.05) is 19.9 Å². The maximum atomic E-state index is 5.80. The monoisotopic (exact) mass is 292 g/mol. The number of allylic oxidation sites excluding steroid dienone is 1. The fraction of sp³-hybridized carbons (Fsp3) is 0.611. The average molecular weight is 292 g/mol. The molecule has 3 heteroatoms. The predicted octanol–water partition coefficient (Wildman–Crippen LogP) is 5.13. The van der Waals surface area contributed by atoms with E-state index in [1.165, 1.54) is 12.8 Å². The zero-order valence-electron chi connectivity index (χ0n) is 14.6. The van der Waals surface area contributed by atoms with Crippen LogP contribution in [0.25, 0.3) is 5.57 Å². The Morgan fingerprint density at radius 3 is 2.48 bits per heavy atom. The molecule has 1 aromatic heterocycles. The largest absolute Gasteiger partial charge is 0.358 e. The van der Waals surface area contributed by atoms with Crippen molar-refractivity contribution in [2.24, 2.45) is 0 Å². The Morgan fingerprint density at radius 2 is 1.95 bits per heavy atom. The molecular formula is C18H32N2O. The van der Waals surface area contributed by atoms with Gasteiger partial charge in [-0.15, -0.1) is 0 Å². The van der Waals surface area contributed by atoms with Crippen LogP contribution in [-0.2, 0) is 4.74 Å². The average Bonchev–Trinajstić information content (AvgIpc) is 2.58. The summed E-state index contributed by atoms with van der Waals surface area (Å²) in [4.78, 5) is 6.57. The van der Waals surface area contributed by atoms with Gasteiger partial charge in [-0.25, -0.2) is 0 Å². The van der Waals surface area contributed by atoms with Crippen molar-refractivity contribution >= 4 is 11.3 Å². The van der Waals surface area contributed by atoms with Crippen molar-refractivity contribution < 1.29 is 4.74 Å². The van der Waals surface area contributed by atoms with Crippen molar-refractivity contribution in [2.45, 2.75) is 60.1 Å². The Balaban J connectivity index is 0.000000921. The van der Waals surface area contributed by atoms with Crippen LogP contribution < -0.4 is 4.90 Å². The van der Waals surface area contributed by atoms with Crippen LogP contribution in [0.2, 0.25) is 0 Å². The Morgan fingerprint density at radius 1 is 1.29 bits per heavy atom. The van der Waals surface area contributed by atoms with Crippen LogP contribution in [0.3, 0.4) is 0 Å². The van der Waals surface area contributed by atoms with E-state index >= 15 is 0 Å². The molecule has 120 valence electrons. The summed E-state index contributed by atoms with van der Waals surface area (Å²) in [5, 5.41) is 0. The van der Waals surface area contributed by atoms with E-state index in [4.69, 9.17) is 4.74 Å². The molecule has 1 unspecified atom stereocenters. The second-order valence-corrected chi connectivity index (χ2v) is 4.58. The van der Waals surface area contributed by atoms with Crippen molar-refractivity contribution in [3.8, 4) is 0 Å². The van der Waals surface area contributed by atoms with E-state index in [1.807, 2.05) is 46.9 Å². The van der Waals surface area contributed by atoms with Gasteiger partial charge in [-0.1, -0.05) is 34.3 Å². The third-order valence-corrected chi connectivity index (χ3v) is 3.16. The fourth-order valence-electron chi connectivity index (χ4n) is 2.19. The Kier molecular flexibility index (Phi) is 10.6. The summed E-state index contributed by atoms with van der Waals surface area (Å²) in [6.07, 6.45) is 5.47. The van der Waals surface area contributed by atoms with Crippen LogP contribution in [0.1, 0.15) is 59.6 Å². The van der Waals surface area contributed by atoms with Gasteiger partial charge in [0.1, 0.15) is 6.23 Å². The third kappa shape index (κ3) is 5.88. The van der Waals surface area contributed by atoms with Gasteiger partial charge in [0.2, 0.25) is 0 Å². The number of hydrogen-bond donors (Lipinski definition) is 0. The lowest BCUT2D eigenvalue weighted by molar-refractivity contribution is 0.0173. The van der Waals surface area contributed by atoms with Crippen molar-refractivity contribution in [1.29, 1.82) is 0 Å². The van der Waals surface area contributed by atoms with Crippen molar-refractivity contribution in [3.05, 3.63) is 30.6 Å². The number of rotatable bonds is 3. The van der Waals surface area contributed by atoms with E-state index in [0.717, 1.165) is 30.0 Å². The summed E-state index contributed by atoms with van der Waals surface area (Å²) in [6, 6.07) is 4.04. The Bertz CT molecular complexity index is 398. The maximum absolute atomic E-state index is 5.80. The highest BCUT2D eigenvalue weighted by molar-refractivity contribution is 5.71. The first-order valence-electron chi connectivity index (χ1n) is 8.15. The summed E-state index contributed by atoms with van der Waals surface area (Å²) in [5.74, 6) is 0. The molecule has 0 aromatic carbocycles. The normalized spacial score (nSPS) is 16.8. The predicted molar refractivity (Wildman–Crippen MR) is 93.6 cm³/mol. The van der Waals surface area contributed by atoms with Gasteiger partial charge in [-0.2, -0.15) is 0 Å². The zero-order valence-corrected chi connectivity index (χ0v) is 14.6. The van der Waals surface area contributed by atoms with Crippen LogP contribution in [-0.4, -0.2) is 24.9 Å². The molecule has 0 spiro atoms. The van der Waals surface area contributed by atoms with Crippen molar-refractivity contribution in [1.82, 2.24) is 4.98 Å². The van der Waals surface area contributed by atoms with Gasteiger partial charge < -0.3 is 9.64 Å². The van der Waals surface area contributed by atoms with Gasteiger partial charge in [0.05, 0.1) is 11.4 Å². The molecule has 0 N–H and O–H groups in total.